The summed E-state index contributed by atoms with van der Waals surface area (Å²) in [6.07, 6.45) is 0. The molecule has 5 heteroatoms. The molecule has 1 amide bonds. The van der Waals surface area contributed by atoms with Crippen molar-refractivity contribution in [2.45, 2.75) is 6.92 Å². The number of benzene rings is 1. The van der Waals surface area contributed by atoms with Crippen molar-refractivity contribution in [2.75, 3.05) is 39.7 Å². The molecule has 0 fully saturated rings. The minimum absolute atomic E-state index is 0.0410. The molecule has 1 aromatic carbocycles. The second-order valence-corrected chi connectivity index (χ2v) is 3.86. The first-order valence-corrected chi connectivity index (χ1v) is 5.81. The number of nitrogens with one attached hydrogen (secondary N) is 1. The van der Waals surface area contributed by atoms with E-state index in [-0.39, 0.29) is 12.5 Å². The normalized spacial score (nSPS) is 9.78. The van der Waals surface area contributed by atoms with E-state index in [1.54, 1.807) is 32.2 Å². The first-order chi connectivity index (χ1) is 8.60. The van der Waals surface area contributed by atoms with Crippen molar-refractivity contribution in [1.82, 2.24) is 4.90 Å². The minimum Gasteiger partial charge on any atom is -0.497 e. The molecule has 0 atom stereocenters. The fraction of sp³-hybridized carbons (Fsp3) is 0.462. The summed E-state index contributed by atoms with van der Waals surface area (Å²) >= 11 is 0. The fourth-order valence-corrected chi connectivity index (χ4v) is 1.40. The van der Waals surface area contributed by atoms with E-state index >= 15 is 0 Å². The number of methoxy groups -OCH3 is 2. The van der Waals surface area contributed by atoms with Gasteiger partial charge >= 0.3 is 0 Å². The van der Waals surface area contributed by atoms with Gasteiger partial charge in [-0.1, -0.05) is 0 Å². The van der Waals surface area contributed by atoms with Crippen LogP contribution in [0.15, 0.2) is 18.2 Å². The number of nitrogens with zero attached hydrogens (tertiary/aromatic N) is 1. The molecule has 18 heavy (non-hydrogen) atoms. The molecule has 0 aliphatic carbocycles. The molecule has 0 heterocycles. The SMILES string of the molecule is CCN(C)C(=O)CNc1cc(OC)cc(OC)c1. The van der Waals surface area contributed by atoms with Gasteiger partial charge in [0.05, 0.1) is 20.8 Å². The molecule has 0 saturated carbocycles. The van der Waals surface area contributed by atoms with E-state index in [1.807, 2.05) is 19.1 Å². The fourth-order valence-electron chi connectivity index (χ4n) is 1.40. The molecule has 0 radical (unpaired) electrons. The van der Waals surface area contributed by atoms with Gasteiger partial charge in [0.1, 0.15) is 11.5 Å². The van der Waals surface area contributed by atoms with Crippen LogP contribution in [-0.2, 0) is 4.79 Å². The Kier molecular flexibility index (Phi) is 5.30. The van der Waals surface area contributed by atoms with Crippen molar-refractivity contribution in [2.24, 2.45) is 0 Å². The molecule has 1 rings (SSSR count). The van der Waals surface area contributed by atoms with Crippen LogP contribution in [0.25, 0.3) is 0 Å². The van der Waals surface area contributed by atoms with E-state index < -0.39 is 0 Å². The third-order valence-electron chi connectivity index (χ3n) is 2.70. The van der Waals surface area contributed by atoms with Crippen molar-refractivity contribution >= 4 is 11.6 Å². The maximum absolute atomic E-state index is 11.7. The first-order valence-electron chi connectivity index (χ1n) is 5.81. The first kappa shape index (κ1) is 14.2. The summed E-state index contributed by atoms with van der Waals surface area (Å²) in [5.74, 6) is 1.42. The number of hydrogen-bond donors (Lipinski definition) is 1. The van der Waals surface area contributed by atoms with E-state index in [0.29, 0.717) is 18.0 Å². The number of carbonyl (C=O) groups is 1. The maximum atomic E-state index is 11.7. The summed E-state index contributed by atoms with van der Waals surface area (Å²) in [6.45, 7) is 2.88. The quantitative estimate of drug-likeness (QED) is 0.835. The summed E-state index contributed by atoms with van der Waals surface area (Å²) in [7, 11) is 4.96. The van der Waals surface area contributed by atoms with Gasteiger partial charge in [-0.2, -0.15) is 0 Å². The standard InChI is InChI=1S/C13H20N2O3/c1-5-15(2)13(16)9-14-10-6-11(17-3)8-12(7-10)18-4/h6-8,14H,5,9H2,1-4H3. The van der Waals surface area contributed by atoms with E-state index in [9.17, 15) is 4.79 Å². The number of hydrogen-bond acceptors (Lipinski definition) is 4. The van der Waals surface area contributed by atoms with Gasteiger partial charge in [0.2, 0.25) is 5.91 Å². The second kappa shape index (κ2) is 6.74. The zero-order valence-electron chi connectivity index (χ0n) is 11.3. The Balaban J connectivity index is 2.69. The number of anilines is 1. The summed E-state index contributed by atoms with van der Waals surface area (Å²) in [4.78, 5) is 13.3. The Hall–Kier alpha value is -1.91. The molecular weight excluding hydrogens is 232 g/mol. The second-order valence-electron chi connectivity index (χ2n) is 3.86. The molecule has 0 aromatic heterocycles. The summed E-state index contributed by atoms with van der Waals surface area (Å²) in [5, 5.41) is 3.06. The zero-order valence-corrected chi connectivity index (χ0v) is 11.3. The van der Waals surface area contributed by atoms with Crippen molar-refractivity contribution in [3.63, 3.8) is 0 Å². The van der Waals surface area contributed by atoms with Gasteiger partial charge in [-0.15, -0.1) is 0 Å². The van der Waals surface area contributed by atoms with Crippen LogP contribution in [0.3, 0.4) is 0 Å². The average molecular weight is 252 g/mol. The van der Waals surface area contributed by atoms with Crippen LogP contribution in [0, 0.1) is 0 Å². The van der Waals surface area contributed by atoms with E-state index in [0.717, 1.165) is 5.69 Å². The van der Waals surface area contributed by atoms with E-state index in [4.69, 9.17) is 9.47 Å². The van der Waals surface area contributed by atoms with Crippen LogP contribution in [0.4, 0.5) is 5.69 Å². The Morgan fingerprint density at radius 3 is 2.22 bits per heavy atom. The van der Waals surface area contributed by atoms with Gasteiger partial charge in [-0.25, -0.2) is 0 Å². The number of rotatable bonds is 6. The maximum Gasteiger partial charge on any atom is 0.241 e. The van der Waals surface area contributed by atoms with Gasteiger partial charge < -0.3 is 19.7 Å². The lowest BCUT2D eigenvalue weighted by molar-refractivity contribution is -0.127. The van der Waals surface area contributed by atoms with Crippen molar-refractivity contribution in [3.05, 3.63) is 18.2 Å². The summed E-state index contributed by atoms with van der Waals surface area (Å²) in [6, 6.07) is 5.43. The summed E-state index contributed by atoms with van der Waals surface area (Å²) < 4.78 is 10.3. The van der Waals surface area contributed by atoms with Crippen molar-refractivity contribution in [3.8, 4) is 11.5 Å². The summed E-state index contributed by atoms with van der Waals surface area (Å²) in [5.41, 5.74) is 0.795. The van der Waals surface area contributed by atoms with Crippen LogP contribution in [0.1, 0.15) is 6.92 Å². The highest BCUT2D eigenvalue weighted by Gasteiger charge is 2.07. The number of amides is 1. The lowest BCUT2D eigenvalue weighted by Crippen LogP contribution is -2.31. The molecule has 1 aromatic rings. The van der Waals surface area contributed by atoms with Crippen LogP contribution in [-0.4, -0.2) is 45.2 Å². The molecule has 0 saturated heterocycles. The highest BCUT2D eigenvalue weighted by molar-refractivity contribution is 5.80. The molecule has 0 aliphatic heterocycles. The number of carbonyl (C=O) groups excluding carboxylic acids is 1. The average Bonchev–Trinajstić information content (AvgIpc) is 2.43. The third-order valence-corrected chi connectivity index (χ3v) is 2.70. The molecule has 0 unspecified atom stereocenters. The van der Waals surface area contributed by atoms with E-state index in [2.05, 4.69) is 5.32 Å². The molecule has 100 valence electrons. The predicted octanol–water partition coefficient (Wildman–Crippen LogP) is 1.59. The lowest BCUT2D eigenvalue weighted by atomic mass is 10.2. The van der Waals surface area contributed by atoms with Crippen LogP contribution < -0.4 is 14.8 Å². The Bertz CT molecular complexity index is 385. The van der Waals surface area contributed by atoms with Gasteiger partial charge in [0.15, 0.2) is 0 Å². The van der Waals surface area contributed by atoms with Crippen molar-refractivity contribution in [1.29, 1.82) is 0 Å². The minimum atomic E-state index is 0.0410. The van der Waals surface area contributed by atoms with Crippen LogP contribution >= 0.6 is 0 Å². The van der Waals surface area contributed by atoms with Crippen molar-refractivity contribution < 1.29 is 14.3 Å². The number of ether oxygens (including phenoxy) is 2. The monoisotopic (exact) mass is 252 g/mol. The highest BCUT2D eigenvalue weighted by atomic mass is 16.5. The van der Waals surface area contributed by atoms with Gasteiger partial charge in [0.25, 0.3) is 0 Å². The van der Waals surface area contributed by atoms with Gasteiger partial charge in [-0.05, 0) is 6.92 Å². The van der Waals surface area contributed by atoms with E-state index in [1.165, 1.54) is 0 Å². The molecule has 0 bridgehead atoms. The van der Waals surface area contributed by atoms with Crippen LogP contribution in [0.5, 0.6) is 11.5 Å². The third kappa shape index (κ3) is 3.84. The topological polar surface area (TPSA) is 50.8 Å². The van der Waals surface area contributed by atoms with Gasteiger partial charge in [0, 0.05) is 37.5 Å². The number of likely N-dealkylation sites (N-methyl/N-ethyl adjacent to an activating group) is 1. The Morgan fingerprint density at radius 2 is 1.78 bits per heavy atom. The lowest BCUT2D eigenvalue weighted by Gasteiger charge is -2.16. The van der Waals surface area contributed by atoms with Gasteiger partial charge in [-0.3, -0.25) is 4.79 Å². The molecule has 0 aliphatic rings. The largest absolute Gasteiger partial charge is 0.497 e. The highest BCUT2D eigenvalue weighted by Crippen LogP contribution is 2.25. The molecule has 5 nitrogen and oxygen atoms in total. The zero-order chi connectivity index (χ0) is 13.5. The smallest absolute Gasteiger partial charge is 0.241 e. The Labute approximate surface area is 108 Å². The Morgan fingerprint density at radius 1 is 1.22 bits per heavy atom. The molecule has 1 N–H and O–H groups in total. The molecular formula is C13H20N2O3. The predicted molar refractivity (Wildman–Crippen MR) is 71.3 cm³/mol. The van der Waals surface area contributed by atoms with Crippen LogP contribution in [0.2, 0.25) is 0 Å². The molecule has 0 spiro atoms.